The largest absolute Gasteiger partial charge is 0.451 e. The van der Waals surface area contributed by atoms with Crippen molar-refractivity contribution in [2.24, 2.45) is 0 Å². The Morgan fingerprint density at radius 2 is 2.05 bits per heavy atom. The fourth-order valence-corrected chi connectivity index (χ4v) is 3.05. The Hall–Kier alpha value is -1.73. The number of benzene rings is 1. The van der Waals surface area contributed by atoms with Crippen LogP contribution in [0.5, 0.6) is 0 Å². The Balaban J connectivity index is 2.21. The second-order valence-corrected chi connectivity index (χ2v) is 7.22. The summed E-state index contributed by atoms with van der Waals surface area (Å²) in [5.41, 5.74) is 0.123. The fourth-order valence-electron chi connectivity index (χ4n) is 2.10. The van der Waals surface area contributed by atoms with E-state index in [9.17, 15) is 18.0 Å². The van der Waals surface area contributed by atoms with Crippen LogP contribution in [0.3, 0.4) is 0 Å². The summed E-state index contributed by atoms with van der Waals surface area (Å²) in [5, 5.41) is 0. The van der Waals surface area contributed by atoms with Crippen LogP contribution in [0.2, 0.25) is 0 Å². The van der Waals surface area contributed by atoms with E-state index in [1.807, 2.05) is 0 Å². The Labute approximate surface area is 123 Å². The molecule has 0 saturated heterocycles. The SMILES string of the molecule is CN(C)S(=O)(=O)c1cccc(C(=O)O[C@H]2CCCC2=O)c1. The van der Waals surface area contributed by atoms with Crippen molar-refractivity contribution in [3.63, 3.8) is 0 Å². The minimum Gasteiger partial charge on any atom is -0.451 e. The number of carbonyl (C=O) groups is 2. The zero-order valence-corrected chi connectivity index (χ0v) is 12.7. The summed E-state index contributed by atoms with van der Waals surface area (Å²) < 4.78 is 30.3. The van der Waals surface area contributed by atoms with E-state index in [1.54, 1.807) is 0 Å². The molecule has 0 bridgehead atoms. The molecule has 0 radical (unpaired) electrons. The molecule has 6 nitrogen and oxygen atoms in total. The van der Waals surface area contributed by atoms with Crippen LogP contribution in [0.1, 0.15) is 29.6 Å². The first-order chi connectivity index (χ1) is 9.82. The molecule has 114 valence electrons. The molecule has 21 heavy (non-hydrogen) atoms. The van der Waals surface area contributed by atoms with Gasteiger partial charge >= 0.3 is 5.97 Å². The number of sulfonamides is 1. The van der Waals surface area contributed by atoms with Crippen LogP contribution in [0.4, 0.5) is 0 Å². The molecule has 2 rings (SSSR count). The Morgan fingerprint density at radius 1 is 1.33 bits per heavy atom. The molecule has 1 saturated carbocycles. The Bertz CT molecular complexity index is 666. The van der Waals surface area contributed by atoms with E-state index in [1.165, 1.54) is 38.4 Å². The van der Waals surface area contributed by atoms with Crippen LogP contribution in [-0.4, -0.2) is 44.7 Å². The molecular weight excluding hydrogens is 294 g/mol. The maximum atomic E-state index is 12.0. The van der Waals surface area contributed by atoms with E-state index >= 15 is 0 Å². The lowest BCUT2D eigenvalue weighted by Crippen LogP contribution is -2.24. The van der Waals surface area contributed by atoms with Crippen molar-refractivity contribution in [3.05, 3.63) is 29.8 Å². The van der Waals surface area contributed by atoms with Crippen molar-refractivity contribution in [3.8, 4) is 0 Å². The summed E-state index contributed by atoms with van der Waals surface area (Å²) in [4.78, 5) is 23.5. The van der Waals surface area contributed by atoms with Gasteiger partial charge in [0.1, 0.15) is 0 Å². The van der Waals surface area contributed by atoms with Crippen LogP contribution in [0, 0.1) is 0 Å². The van der Waals surface area contributed by atoms with Crippen LogP contribution < -0.4 is 0 Å². The van der Waals surface area contributed by atoms with Gasteiger partial charge in [-0.2, -0.15) is 0 Å². The molecule has 0 amide bonds. The average Bonchev–Trinajstić information content (AvgIpc) is 2.84. The zero-order chi connectivity index (χ0) is 15.6. The fraction of sp³-hybridized carbons (Fsp3) is 0.429. The number of Topliss-reactive ketones (excluding diaryl/α,β-unsaturated/α-hetero) is 1. The van der Waals surface area contributed by atoms with Crippen molar-refractivity contribution in [2.75, 3.05) is 14.1 Å². The number of esters is 1. The predicted octanol–water partition coefficient (Wildman–Crippen LogP) is 1.22. The highest BCUT2D eigenvalue weighted by atomic mass is 32.2. The number of hydrogen-bond acceptors (Lipinski definition) is 5. The van der Waals surface area contributed by atoms with Gasteiger partial charge in [-0.15, -0.1) is 0 Å². The first kappa shape index (κ1) is 15.7. The van der Waals surface area contributed by atoms with Crippen molar-refractivity contribution >= 4 is 21.8 Å². The molecule has 0 aliphatic heterocycles. The normalized spacial score (nSPS) is 19.0. The van der Waals surface area contributed by atoms with E-state index in [-0.39, 0.29) is 16.2 Å². The van der Waals surface area contributed by atoms with E-state index < -0.39 is 22.1 Å². The van der Waals surface area contributed by atoms with E-state index in [4.69, 9.17) is 4.74 Å². The highest BCUT2D eigenvalue weighted by molar-refractivity contribution is 7.89. The molecule has 0 spiro atoms. The summed E-state index contributed by atoms with van der Waals surface area (Å²) in [7, 11) is -0.784. The molecule has 1 aliphatic carbocycles. The van der Waals surface area contributed by atoms with Gasteiger partial charge < -0.3 is 4.74 Å². The van der Waals surface area contributed by atoms with E-state index in [0.717, 1.165) is 4.31 Å². The van der Waals surface area contributed by atoms with Crippen LogP contribution in [-0.2, 0) is 19.6 Å². The lowest BCUT2D eigenvalue weighted by Gasteiger charge is -2.13. The third-order valence-electron chi connectivity index (χ3n) is 3.35. The molecule has 1 fully saturated rings. The van der Waals surface area contributed by atoms with Gasteiger partial charge in [-0.05, 0) is 31.0 Å². The van der Waals surface area contributed by atoms with Gasteiger partial charge in [0.25, 0.3) is 0 Å². The first-order valence-electron chi connectivity index (χ1n) is 6.58. The number of ketones is 1. The Kier molecular flexibility index (Phi) is 4.43. The molecule has 0 N–H and O–H groups in total. The molecular formula is C14H17NO5S. The molecule has 1 atom stereocenters. The lowest BCUT2D eigenvalue weighted by atomic mass is 10.2. The summed E-state index contributed by atoms with van der Waals surface area (Å²) in [6, 6.07) is 5.61. The topological polar surface area (TPSA) is 80.8 Å². The minimum atomic E-state index is -3.61. The molecule has 7 heteroatoms. The van der Waals surface area contributed by atoms with Crippen molar-refractivity contribution < 1.29 is 22.7 Å². The van der Waals surface area contributed by atoms with Crippen molar-refractivity contribution in [1.29, 1.82) is 0 Å². The molecule has 0 heterocycles. The van der Waals surface area contributed by atoms with Gasteiger partial charge in [-0.3, -0.25) is 4.79 Å². The van der Waals surface area contributed by atoms with Crippen LogP contribution >= 0.6 is 0 Å². The summed E-state index contributed by atoms with van der Waals surface area (Å²) in [6.07, 6.45) is 0.964. The van der Waals surface area contributed by atoms with Crippen molar-refractivity contribution in [1.82, 2.24) is 4.31 Å². The van der Waals surface area contributed by atoms with E-state index in [0.29, 0.717) is 19.3 Å². The molecule has 0 aromatic heterocycles. The molecule has 1 aromatic rings. The van der Waals surface area contributed by atoms with Gasteiger partial charge in [-0.25, -0.2) is 17.5 Å². The minimum absolute atomic E-state index is 0.0136. The van der Waals surface area contributed by atoms with Gasteiger partial charge in [0, 0.05) is 20.5 Å². The second-order valence-electron chi connectivity index (χ2n) is 5.07. The van der Waals surface area contributed by atoms with Crippen LogP contribution in [0.25, 0.3) is 0 Å². The second kappa shape index (κ2) is 5.95. The van der Waals surface area contributed by atoms with Crippen molar-refractivity contribution in [2.45, 2.75) is 30.3 Å². The number of rotatable bonds is 4. The average molecular weight is 311 g/mol. The van der Waals surface area contributed by atoms with E-state index in [2.05, 4.69) is 0 Å². The highest BCUT2D eigenvalue weighted by Gasteiger charge is 2.28. The monoisotopic (exact) mass is 311 g/mol. The summed E-state index contributed by atoms with van der Waals surface area (Å²) in [6.45, 7) is 0. The number of ether oxygens (including phenoxy) is 1. The van der Waals surface area contributed by atoms with Gasteiger partial charge in [0.15, 0.2) is 11.9 Å². The smallest absolute Gasteiger partial charge is 0.338 e. The number of carbonyl (C=O) groups excluding carboxylic acids is 2. The van der Waals surface area contributed by atoms with Crippen LogP contribution in [0.15, 0.2) is 29.2 Å². The van der Waals surface area contributed by atoms with Gasteiger partial charge in [0.05, 0.1) is 10.5 Å². The predicted molar refractivity (Wildman–Crippen MR) is 75.4 cm³/mol. The quantitative estimate of drug-likeness (QED) is 0.781. The number of hydrogen-bond donors (Lipinski definition) is 0. The number of nitrogens with zero attached hydrogens (tertiary/aromatic N) is 1. The zero-order valence-electron chi connectivity index (χ0n) is 11.9. The first-order valence-corrected chi connectivity index (χ1v) is 8.02. The highest BCUT2D eigenvalue weighted by Crippen LogP contribution is 2.20. The standard InChI is InChI=1S/C14H17NO5S/c1-15(2)21(18,19)11-6-3-5-10(9-11)14(17)20-13-8-4-7-12(13)16/h3,5-6,9,13H,4,7-8H2,1-2H3/t13-/m0/s1. The third-order valence-corrected chi connectivity index (χ3v) is 5.16. The molecule has 0 unspecified atom stereocenters. The third kappa shape index (κ3) is 3.30. The Morgan fingerprint density at radius 3 is 2.62 bits per heavy atom. The lowest BCUT2D eigenvalue weighted by molar-refractivity contribution is -0.124. The maximum absolute atomic E-state index is 12.0. The maximum Gasteiger partial charge on any atom is 0.338 e. The summed E-state index contributed by atoms with van der Waals surface area (Å²) in [5.74, 6) is -0.758. The summed E-state index contributed by atoms with van der Waals surface area (Å²) >= 11 is 0. The molecule has 1 aromatic carbocycles. The molecule has 1 aliphatic rings. The van der Waals surface area contributed by atoms with Gasteiger partial charge in [0.2, 0.25) is 10.0 Å². The van der Waals surface area contributed by atoms with Gasteiger partial charge in [-0.1, -0.05) is 6.07 Å².